The van der Waals surface area contributed by atoms with Crippen molar-refractivity contribution in [2.75, 3.05) is 0 Å². The topological polar surface area (TPSA) is 0 Å². The summed E-state index contributed by atoms with van der Waals surface area (Å²) in [5.41, 5.74) is 2.84. The Labute approximate surface area is 58.8 Å². The summed E-state index contributed by atoms with van der Waals surface area (Å²) in [4.78, 5) is 1.44. The van der Waals surface area contributed by atoms with Crippen LogP contribution in [-0.2, 0) is 6.42 Å². The first kappa shape index (κ1) is 5.24. The second kappa shape index (κ2) is 1.71. The van der Waals surface area contributed by atoms with Crippen molar-refractivity contribution < 1.29 is 0 Å². The Balaban J connectivity index is 2.61. The summed E-state index contributed by atoms with van der Waals surface area (Å²) in [6.45, 7) is 3.98. The molecule has 46 valence electrons. The van der Waals surface area contributed by atoms with Crippen LogP contribution in [0.4, 0.5) is 0 Å². The number of allylic oxidation sites excluding steroid dienone is 1. The molecule has 0 radical (unpaired) electrons. The minimum Gasteiger partial charge on any atom is -0.144 e. The first-order valence-corrected chi connectivity index (χ1v) is 4.00. The fourth-order valence-corrected chi connectivity index (χ4v) is 2.20. The van der Waals surface area contributed by atoms with Crippen molar-refractivity contribution in [3.8, 4) is 0 Å². The van der Waals surface area contributed by atoms with E-state index in [4.69, 9.17) is 0 Å². The largest absolute Gasteiger partial charge is 0.144 e. The van der Waals surface area contributed by atoms with Crippen LogP contribution in [0.5, 0.6) is 0 Å². The maximum absolute atomic E-state index is 3.98. The fourth-order valence-electron chi connectivity index (χ4n) is 1.24. The average Bonchev–Trinajstić information content (AvgIpc) is 2.35. The first-order valence-electron chi connectivity index (χ1n) is 3.12. The molecule has 0 saturated carbocycles. The lowest BCUT2D eigenvalue weighted by Crippen LogP contribution is -1.66. The summed E-state index contributed by atoms with van der Waals surface area (Å²) >= 11 is 1.82. The predicted octanol–water partition coefficient (Wildman–Crippen LogP) is 2.71. The SMILES string of the molecule is C=C1CCc2ccsc21. The second-order valence-corrected chi connectivity index (χ2v) is 3.29. The molecule has 0 N–H and O–H groups in total. The van der Waals surface area contributed by atoms with Crippen molar-refractivity contribution in [1.29, 1.82) is 0 Å². The lowest BCUT2D eigenvalue weighted by molar-refractivity contribution is 1.08. The van der Waals surface area contributed by atoms with E-state index >= 15 is 0 Å². The van der Waals surface area contributed by atoms with Crippen LogP contribution < -0.4 is 0 Å². The number of hydrogen-bond donors (Lipinski definition) is 0. The first-order chi connectivity index (χ1) is 4.38. The Bertz CT molecular complexity index is 245. The molecule has 0 spiro atoms. The highest BCUT2D eigenvalue weighted by Crippen LogP contribution is 2.34. The van der Waals surface area contributed by atoms with Crippen molar-refractivity contribution >= 4 is 16.9 Å². The second-order valence-electron chi connectivity index (χ2n) is 2.38. The molecule has 1 aliphatic carbocycles. The van der Waals surface area contributed by atoms with Crippen LogP contribution in [-0.4, -0.2) is 0 Å². The van der Waals surface area contributed by atoms with E-state index in [0.717, 1.165) is 0 Å². The smallest absolute Gasteiger partial charge is 0.0328 e. The lowest BCUT2D eigenvalue weighted by Gasteiger charge is -1.86. The molecule has 1 aromatic rings. The van der Waals surface area contributed by atoms with Gasteiger partial charge in [-0.3, -0.25) is 0 Å². The van der Waals surface area contributed by atoms with Gasteiger partial charge in [0.2, 0.25) is 0 Å². The normalized spacial score (nSPS) is 16.2. The Morgan fingerprint density at radius 3 is 3.11 bits per heavy atom. The van der Waals surface area contributed by atoms with Crippen LogP contribution in [0.1, 0.15) is 16.9 Å². The number of fused-ring (bicyclic) bond motifs is 1. The third-order valence-electron chi connectivity index (χ3n) is 1.76. The van der Waals surface area contributed by atoms with Crippen molar-refractivity contribution in [3.63, 3.8) is 0 Å². The van der Waals surface area contributed by atoms with Crippen LogP contribution in [0, 0.1) is 0 Å². The van der Waals surface area contributed by atoms with Crippen molar-refractivity contribution in [1.82, 2.24) is 0 Å². The summed E-state index contributed by atoms with van der Waals surface area (Å²) < 4.78 is 0. The van der Waals surface area contributed by atoms with Crippen LogP contribution in [0.15, 0.2) is 18.0 Å². The molecule has 0 nitrogen and oxygen atoms in total. The standard InChI is InChI=1S/C8H8S/c1-6-2-3-7-4-5-9-8(6)7/h4-5H,1-3H2. The van der Waals surface area contributed by atoms with Gasteiger partial charge in [0, 0.05) is 4.88 Å². The molecule has 0 aliphatic heterocycles. The molecular formula is C8H8S. The highest BCUT2D eigenvalue weighted by Gasteiger charge is 2.14. The van der Waals surface area contributed by atoms with Crippen LogP contribution in [0.25, 0.3) is 5.57 Å². The maximum atomic E-state index is 3.98. The van der Waals surface area contributed by atoms with Crippen molar-refractivity contribution in [2.45, 2.75) is 12.8 Å². The Morgan fingerprint density at radius 2 is 2.33 bits per heavy atom. The summed E-state index contributed by atoms with van der Waals surface area (Å²) in [5.74, 6) is 0. The molecular weight excluding hydrogens is 128 g/mol. The highest BCUT2D eigenvalue weighted by atomic mass is 32.1. The van der Waals surface area contributed by atoms with E-state index in [2.05, 4.69) is 18.0 Å². The lowest BCUT2D eigenvalue weighted by atomic mass is 10.3. The summed E-state index contributed by atoms with van der Waals surface area (Å²) in [7, 11) is 0. The molecule has 0 aromatic carbocycles. The molecule has 0 unspecified atom stereocenters. The summed E-state index contributed by atoms with van der Waals surface area (Å²) in [6, 6.07) is 2.21. The van der Waals surface area contributed by atoms with E-state index < -0.39 is 0 Å². The average molecular weight is 136 g/mol. The molecule has 1 heteroatoms. The van der Waals surface area contributed by atoms with Crippen LogP contribution in [0.2, 0.25) is 0 Å². The van der Waals surface area contributed by atoms with Gasteiger partial charge in [0.05, 0.1) is 0 Å². The zero-order valence-electron chi connectivity index (χ0n) is 5.18. The van der Waals surface area contributed by atoms with Gasteiger partial charge in [-0.15, -0.1) is 11.3 Å². The molecule has 0 atom stereocenters. The molecule has 0 fully saturated rings. The number of aryl methyl sites for hydroxylation is 1. The van der Waals surface area contributed by atoms with Gasteiger partial charge in [0.1, 0.15) is 0 Å². The van der Waals surface area contributed by atoms with Gasteiger partial charge in [0.15, 0.2) is 0 Å². The highest BCUT2D eigenvalue weighted by molar-refractivity contribution is 7.11. The minimum absolute atomic E-state index is 1.18. The van der Waals surface area contributed by atoms with E-state index in [9.17, 15) is 0 Å². The van der Waals surface area contributed by atoms with E-state index in [-0.39, 0.29) is 0 Å². The molecule has 2 rings (SSSR count). The number of thiophene rings is 1. The van der Waals surface area contributed by atoms with Gasteiger partial charge >= 0.3 is 0 Å². The zero-order valence-corrected chi connectivity index (χ0v) is 6.00. The predicted molar refractivity (Wildman–Crippen MR) is 41.7 cm³/mol. The van der Waals surface area contributed by atoms with E-state index in [0.29, 0.717) is 0 Å². The van der Waals surface area contributed by atoms with Crippen molar-refractivity contribution in [3.05, 3.63) is 28.5 Å². The fraction of sp³-hybridized carbons (Fsp3) is 0.250. The monoisotopic (exact) mass is 136 g/mol. The Kier molecular flexibility index (Phi) is 0.995. The number of rotatable bonds is 0. The van der Waals surface area contributed by atoms with E-state index in [1.165, 1.54) is 28.9 Å². The van der Waals surface area contributed by atoms with Crippen LogP contribution >= 0.6 is 11.3 Å². The zero-order chi connectivity index (χ0) is 6.27. The van der Waals surface area contributed by atoms with Crippen LogP contribution in [0.3, 0.4) is 0 Å². The molecule has 0 amide bonds. The van der Waals surface area contributed by atoms with Gasteiger partial charge in [0.25, 0.3) is 0 Å². The summed E-state index contributed by atoms with van der Waals surface area (Å²) in [5, 5.41) is 2.15. The Hall–Kier alpha value is -0.560. The molecule has 0 bridgehead atoms. The molecule has 1 aromatic heterocycles. The molecule has 0 saturated heterocycles. The molecule has 1 heterocycles. The van der Waals surface area contributed by atoms with E-state index in [1.54, 1.807) is 0 Å². The van der Waals surface area contributed by atoms with Gasteiger partial charge in [-0.25, -0.2) is 0 Å². The third-order valence-corrected chi connectivity index (χ3v) is 2.82. The van der Waals surface area contributed by atoms with Gasteiger partial charge in [-0.05, 0) is 35.4 Å². The quantitative estimate of drug-likeness (QED) is 0.514. The molecule has 1 aliphatic rings. The van der Waals surface area contributed by atoms with Crippen molar-refractivity contribution in [2.24, 2.45) is 0 Å². The van der Waals surface area contributed by atoms with Gasteiger partial charge in [-0.1, -0.05) is 6.58 Å². The van der Waals surface area contributed by atoms with Gasteiger partial charge in [-0.2, -0.15) is 0 Å². The van der Waals surface area contributed by atoms with E-state index in [1.807, 2.05) is 11.3 Å². The Morgan fingerprint density at radius 1 is 1.44 bits per heavy atom. The maximum Gasteiger partial charge on any atom is 0.0328 e. The summed E-state index contributed by atoms with van der Waals surface area (Å²) in [6.07, 6.45) is 2.40. The minimum atomic E-state index is 1.18. The molecule has 9 heavy (non-hydrogen) atoms. The van der Waals surface area contributed by atoms with Gasteiger partial charge < -0.3 is 0 Å². The number of hydrogen-bond acceptors (Lipinski definition) is 1. The third kappa shape index (κ3) is 0.648.